The van der Waals surface area contributed by atoms with Crippen molar-refractivity contribution in [3.8, 4) is 0 Å². The van der Waals surface area contributed by atoms with Crippen LogP contribution in [0.1, 0.15) is 30.6 Å². The Morgan fingerprint density at radius 3 is 2.64 bits per heavy atom. The first kappa shape index (κ1) is 10.7. The predicted molar refractivity (Wildman–Crippen MR) is 53.0 cm³/mol. The number of aliphatic hydroxyl groups excluding tert-OH is 1. The second-order valence-electron chi connectivity index (χ2n) is 3.27. The van der Waals surface area contributed by atoms with Gasteiger partial charge in [-0.2, -0.15) is 0 Å². The van der Waals surface area contributed by atoms with E-state index in [0.717, 1.165) is 11.1 Å². The van der Waals surface area contributed by atoms with Gasteiger partial charge in [0.2, 0.25) is 0 Å². The Bertz CT molecular complexity index is 318. The number of carboxylic acid groups (broad SMARTS) is 1. The Hall–Kier alpha value is -1.35. The maximum Gasteiger partial charge on any atom is 0.303 e. The van der Waals surface area contributed by atoms with E-state index in [1.807, 2.05) is 24.3 Å². The molecule has 0 aliphatic carbocycles. The zero-order chi connectivity index (χ0) is 10.6. The summed E-state index contributed by atoms with van der Waals surface area (Å²) in [6, 6.07) is 7.36. The second-order valence-corrected chi connectivity index (χ2v) is 3.27. The topological polar surface area (TPSA) is 57.5 Å². The first-order valence-corrected chi connectivity index (χ1v) is 4.59. The highest BCUT2D eigenvalue weighted by Crippen LogP contribution is 2.18. The van der Waals surface area contributed by atoms with Crippen LogP contribution in [-0.4, -0.2) is 16.2 Å². The fourth-order valence-electron chi connectivity index (χ4n) is 1.41. The van der Waals surface area contributed by atoms with Gasteiger partial charge in [0.1, 0.15) is 0 Å². The largest absolute Gasteiger partial charge is 0.481 e. The Morgan fingerprint density at radius 1 is 1.43 bits per heavy atom. The minimum absolute atomic E-state index is 0.101. The van der Waals surface area contributed by atoms with Crippen LogP contribution >= 0.6 is 0 Å². The summed E-state index contributed by atoms with van der Waals surface area (Å²) in [7, 11) is 0. The van der Waals surface area contributed by atoms with Crippen molar-refractivity contribution in [2.45, 2.75) is 25.9 Å². The summed E-state index contributed by atoms with van der Waals surface area (Å²) < 4.78 is 0. The maximum absolute atomic E-state index is 10.4. The summed E-state index contributed by atoms with van der Waals surface area (Å²) in [6.07, 6.45) is 0.0279. The molecule has 0 bridgehead atoms. The van der Waals surface area contributed by atoms with Crippen LogP contribution in [0.2, 0.25) is 0 Å². The van der Waals surface area contributed by atoms with E-state index < -0.39 is 12.1 Å². The molecule has 3 nitrogen and oxygen atoms in total. The molecule has 3 heteroatoms. The number of hydrogen-bond acceptors (Lipinski definition) is 2. The summed E-state index contributed by atoms with van der Waals surface area (Å²) in [4.78, 5) is 10.4. The lowest BCUT2D eigenvalue weighted by atomic mass is 9.99. The third-order valence-electron chi connectivity index (χ3n) is 2.11. The van der Waals surface area contributed by atoms with Crippen molar-refractivity contribution in [3.05, 3.63) is 35.4 Å². The number of hydrogen-bond donors (Lipinski definition) is 2. The van der Waals surface area contributed by atoms with Crippen molar-refractivity contribution >= 4 is 5.97 Å². The quantitative estimate of drug-likeness (QED) is 0.767. The van der Waals surface area contributed by atoms with E-state index in [-0.39, 0.29) is 6.42 Å². The fourth-order valence-corrected chi connectivity index (χ4v) is 1.41. The lowest BCUT2D eigenvalue weighted by Crippen LogP contribution is -2.02. The molecule has 0 spiro atoms. The van der Waals surface area contributed by atoms with Gasteiger partial charge in [-0.1, -0.05) is 24.3 Å². The summed E-state index contributed by atoms with van der Waals surface area (Å²) in [5.74, 6) is -0.814. The van der Waals surface area contributed by atoms with Gasteiger partial charge in [0.05, 0.1) is 6.10 Å². The summed E-state index contributed by atoms with van der Waals surface area (Å²) in [5, 5.41) is 18.0. The molecule has 0 fully saturated rings. The average molecular weight is 194 g/mol. The van der Waals surface area contributed by atoms with Crippen molar-refractivity contribution < 1.29 is 15.0 Å². The van der Waals surface area contributed by atoms with Crippen LogP contribution < -0.4 is 0 Å². The van der Waals surface area contributed by atoms with Gasteiger partial charge in [0.25, 0.3) is 0 Å². The van der Waals surface area contributed by atoms with Crippen molar-refractivity contribution in [2.75, 3.05) is 0 Å². The number of carbonyl (C=O) groups is 1. The molecule has 0 radical (unpaired) electrons. The molecule has 1 aromatic carbocycles. The molecule has 1 aromatic rings. The van der Waals surface area contributed by atoms with Crippen LogP contribution in [0, 0.1) is 0 Å². The van der Waals surface area contributed by atoms with Crippen LogP contribution in [0.15, 0.2) is 24.3 Å². The molecule has 1 atom stereocenters. The smallest absolute Gasteiger partial charge is 0.303 e. The molecule has 0 heterocycles. The van der Waals surface area contributed by atoms with Gasteiger partial charge in [-0.15, -0.1) is 0 Å². The highest BCUT2D eigenvalue weighted by molar-refractivity contribution is 5.67. The summed E-state index contributed by atoms with van der Waals surface area (Å²) >= 11 is 0. The van der Waals surface area contributed by atoms with Crippen molar-refractivity contribution in [1.29, 1.82) is 0 Å². The molecule has 14 heavy (non-hydrogen) atoms. The SMILES string of the molecule is CC(O)c1ccccc1CCC(=O)O. The predicted octanol–water partition coefficient (Wildman–Crippen LogP) is 1.76. The van der Waals surface area contributed by atoms with Gasteiger partial charge < -0.3 is 10.2 Å². The van der Waals surface area contributed by atoms with Gasteiger partial charge >= 0.3 is 5.97 Å². The van der Waals surface area contributed by atoms with Gasteiger partial charge in [0, 0.05) is 6.42 Å². The number of benzene rings is 1. The second kappa shape index (κ2) is 4.77. The number of aliphatic hydroxyl groups is 1. The van der Waals surface area contributed by atoms with Crippen LogP contribution in [-0.2, 0) is 11.2 Å². The number of carboxylic acids is 1. The molecule has 1 rings (SSSR count). The zero-order valence-corrected chi connectivity index (χ0v) is 8.10. The highest BCUT2D eigenvalue weighted by atomic mass is 16.4. The minimum atomic E-state index is -0.814. The molecular formula is C11H14O3. The third-order valence-corrected chi connectivity index (χ3v) is 2.11. The minimum Gasteiger partial charge on any atom is -0.481 e. The Kier molecular flexibility index (Phi) is 3.65. The normalized spacial score (nSPS) is 12.4. The molecule has 1 unspecified atom stereocenters. The Balaban J connectivity index is 2.79. The van der Waals surface area contributed by atoms with E-state index >= 15 is 0 Å². The first-order chi connectivity index (χ1) is 6.61. The van der Waals surface area contributed by atoms with E-state index in [4.69, 9.17) is 5.11 Å². The lowest BCUT2D eigenvalue weighted by molar-refractivity contribution is -0.136. The summed E-state index contributed by atoms with van der Waals surface area (Å²) in [6.45, 7) is 1.68. The molecule has 76 valence electrons. The molecule has 2 N–H and O–H groups in total. The molecule has 0 saturated heterocycles. The van der Waals surface area contributed by atoms with Crippen LogP contribution in [0.5, 0.6) is 0 Å². The van der Waals surface area contributed by atoms with Crippen LogP contribution in [0.3, 0.4) is 0 Å². The number of aliphatic carboxylic acids is 1. The maximum atomic E-state index is 10.4. The van der Waals surface area contributed by atoms with Crippen LogP contribution in [0.25, 0.3) is 0 Å². The van der Waals surface area contributed by atoms with Crippen molar-refractivity contribution in [1.82, 2.24) is 0 Å². The van der Waals surface area contributed by atoms with E-state index in [1.54, 1.807) is 6.92 Å². The van der Waals surface area contributed by atoms with Crippen molar-refractivity contribution in [2.24, 2.45) is 0 Å². The number of aryl methyl sites for hydroxylation is 1. The van der Waals surface area contributed by atoms with E-state index in [0.29, 0.717) is 6.42 Å². The van der Waals surface area contributed by atoms with Gasteiger partial charge in [-0.25, -0.2) is 0 Å². The molecular weight excluding hydrogens is 180 g/mol. The molecule has 0 amide bonds. The molecule has 0 aromatic heterocycles. The lowest BCUT2D eigenvalue weighted by Gasteiger charge is -2.10. The van der Waals surface area contributed by atoms with E-state index in [1.165, 1.54) is 0 Å². The standard InChI is InChI=1S/C11H14O3/c1-8(12)10-5-3-2-4-9(10)6-7-11(13)14/h2-5,8,12H,6-7H2,1H3,(H,13,14). The molecule has 0 aliphatic rings. The monoisotopic (exact) mass is 194 g/mol. The van der Waals surface area contributed by atoms with Crippen molar-refractivity contribution in [3.63, 3.8) is 0 Å². The average Bonchev–Trinajstić information content (AvgIpc) is 2.15. The van der Waals surface area contributed by atoms with E-state index in [2.05, 4.69) is 0 Å². The Morgan fingerprint density at radius 2 is 2.07 bits per heavy atom. The molecule has 0 aliphatic heterocycles. The van der Waals surface area contributed by atoms with Gasteiger partial charge in [-0.05, 0) is 24.5 Å². The number of rotatable bonds is 4. The molecule has 0 saturated carbocycles. The highest BCUT2D eigenvalue weighted by Gasteiger charge is 2.07. The van der Waals surface area contributed by atoms with E-state index in [9.17, 15) is 9.90 Å². The first-order valence-electron chi connectivity index (χ1n) is 4.59. The summed E-state index contributed by atoms with van der Waals surface area (Å²) in [5.41, 5.74) is 1.72. The van der Waals surface area contributed by atoms with Crippen LogP contribution in [0.4, 0.5) is 0 Å². The Labute approximate surface area is 83.0 Å². The van der Waals surface area contributed by atoms with Gasteiger partial charge in [-0.3, -0.25) is 4.79 Å². The fraction of sp³-hybridized carbons (Fsp3) is 0.364. The zero-order valence-electron chi connectivity index (χ0n) is 8.10. The van der Waals surface area contributed by atoms with Gasteiger partial charge in [0.15, 0.2) is 0 Å². The third kappa shape index (κ3) is 2.85.